The Morgan fingerprint density at radius 1 is 1.06 bits per heavy atom. The first-order chi connectivity index (χ1) is 7.74. The van der Waals surface area contributed by atoms with Crippen LogP contribution in [0, 0.1) is 6.92 Å². The van der Waals surface area contributed by atoms with Crippen molar-refractivity contribution >= 4 is 40.2 Å². The molecule has 2 nitrogen and oxygen atoms in total. The second-order valence-corrected chi connectivity index (χ2v) is 9.11. The molecule has 0 radical (unpaired) electrons. The summed E-state index contributed by atoms with van der Waals surface area (Å²) in [6.07, 6.45) is 0. The number of aryl methyl sites for hydroxylation is 1. The lowest BCUT2D eigenvalue weighted by Gasteiger charge is -2.25. The Bertz CT molecular complexity index is 446. The SMILES string of the molecule is CO[Si](OC)(c1cccs1)c1sccc1C. The van der Waals surface area contributed by atoms with Gasteiger partial charge in [0.15, 0.2) is 0 Å². The summed E-state index contributed by atoms with van der Waals surface area (Å²) in [6.45, 7) is 2.11. The summed E-state index contributed by atoms with van der Waals surface area (Å²) in [5.41, 5.74) is 1.26. The highest BCUT2D eigenvalue weighted by atomic mass is 32.1. The first kappa shape index (κ1) is 12.0. The van der Waals surface area contributed by atoms with Crippen molar-refractivity contribution in [1.82, 2.24) is 0 Å². The van der Waals surface area contributed by atoms with Crippen molar-refractivity contribution in [2.24, 2.45) is 0 Å². The van der Waals surface area contributed by atoms with Crippen LogP contribution in [-0.2, 0) is 8.85 Å². The molecule has 0 aliphatic rings. The van der Waals surface area contributed by atoms with Gasteiger partial charge in [0.1, 0.15) is 0 Å². The van der Waals surface area contributed by atoms with Gasteiger partial charge in [0, 0.05) is 14.2 Å². The maximum Gasteiger partial charge on any atom is 0.427 e. The van der Waals surface area contributed by atoms with Gasteiger partial charge in [-0.15, -0.1) is 22.7 Å². The van der Waals surface area contributed by atoms with Gasteiger partial charge in [-0.1, -0.05) is 6.07 Å². The first-order valence-electron chi connectivity index (χ1n) is 4.93. The van der Waals surface area contributed by atoms with E-state index in [1.54, 1.807) is 36.9 Å². The van der Waals surface area contributed by atoms with Crippen molar-refractivity contribution in [3.8, 4) is 0 Å². The molecular formula is C11H14O2S2Si. The monoisotopic (exact) mass is 270 g/mol. The van der Waals surface area contributed by atoms with Crippen LogP contribution < -0.4 is 9.00 Å². The first-order valence-corrected chi connectivity index (χ1v) is 8.51. The second kappa shape index (κ2) is 4.81. The molecule has 0 atom stereocenters. The molecule has 0 saturated carbocycles. The predicted molar refractivity (Wildman–Crippen MR) is 72.4 cm³/mol. The fourth-order valence-corrected chi connectivity index (χ4v) is 8.44. The Morgan fingerprint density at radius 2 is 1.81 bits per heavy atom. The lowest BCUT2D eigenvalue weighted by Crippen LogP contribution is -2.60. The maximum absolute atomic E-state index is 5.79. The quantitative estimate of drug-likeness (QED) is 0.791. The molecule has 5 heteroatoms. The van der Waals surface area contributed by atoms with E-state index in [4.69, 9.17) is 8.85 Å². The number of hydrogen-bond acceptors (Lipinski definition) is 4. The normalized spacial score (nSPS) is 11.9. The summed E-state index contributed by atoms with van der Waals surface area (Å²) in [5.74, 6) is 0. The molecule has 0 N–H and O–H groups in total. The Kier molecular flexibility index (Phi) is 3.61. The van der Waals surface area contributed by atoms with E-state index in [1.807, 2.05) is 6.07 Å². The molecular weight excluding hydrogens is 256 g/mol. The third kappa shape index (κ3) is 1.78. The van der Waals surface area contributed by atoms with Crippen molar-refractivity contribution in [2.45, 2.75) is 6.92 Å². The van der Waals surface area contributed by atoms with Crippen LogP contribution in [0.4, 0.5) is 0 Å². The Labute approximate surface area is 105 Å². The van der Waals surface area contributed by atoms with E-state index in [9.17, 15) is 0 Å². The topological polar surface area (TPSA) is 18.5 Å². The summed E-state index contributed by atoms with van der Waals surface area (Å²) in [4.78, 5) is 0. The number of hydrogen-bond donors (Lipinski definition) is 0. The molecule has 2 heterocycles. The van der Waals surface area contributed by atoms with E-state index in [-0.39, 0.29) is 0 Å². The minimum absolute atomic E-state index is 1.21. The van der Waals surface area contributed by atoms with Crippen LogP contribution in [0.25, 0.3) is 0 Å². The van der Waals surface area contributed by atoms with E-state index in [1.165, 1.54) is 14.6 Å². The highest BCUT2D eigenvalue weighted by Crippen LogP contribution is 2.16. The van der Waals surface area contributed by atoms with E-state index in [0.717, 1.165) is 0 Å². The van der Waals surface area contributed by atoms with Gasteiger partial charge in [0.05, 0.1) is 9.00 Å². The molecule has 0 fully saturated rings. The average molecular weight is 270 g/mol. The Balaban J connectivity index is 2.56. The van der Waals surface area contributed by atoms with Crippen LogP contribution in [0.3, 0.4) is 0 Å². The molecule has 86 valence electrons. The van der Waals surface area contributed by atoms with E-state index in [0.29, 0.717) is 0 Å². The third-order valence-electron chi connectivity index (χ3n) is 2.58. The largest absolute Gasteiger partial charge is 0.427 e. The molecule has 0 spiro atoms. The third-order valence-corrected chi connectivity index (χ3v) is 9.37. The number of rotatable bonds is 4. The summed E-state index contributed by atoms with van der Waals surface area (Å²) in [5, 5.41) is 4.16. The zero-order valence-electron chi connectivity index (χ0n) is 9.52. The zero-order valence-corrected chi connectivity index (χ0v) is 12.2. The molecule has 0 aliphatic carbocycles. The second-order valence-electron chi connectivity index (χ2n) is 3.43. The molecule has 2 rings (SSSR count). The van der Waals surface area contributed by atoms with Gasteiger partial charge in [-0.2, -0.15) is 0 Å². The van der Waals surface area contributed by atoms with Crippen LogP contribution in [0.1, 0.15) is 5.56 Å². The van der Waals surface area contributed by atoms with Crippen LogP contribution in [0.2, 0.25) is 0 Å². The minimum Gasteiger partial charge on any atom is -0.390 e. The zero-order chi connectivity index (χ0) is 11.6. The van der Waals surface area contributed by atoms with Crippen LogP contribution in [0.5, 0.6) is 0 Å². The molecule has 0 unspecified atom stereocenters. The molecule has 16 heavy (non-hydrogen) atoms. The van der Waals surface area contributed by atoms with Crippen molar-refractivity contribution in [2.75, 3.05) is 14.2 Å². The van der Waals surface area contributed by atoms with Gasteiger partial charge < -0.3 is 8.85 Å². The van der Waals surface area contributed by atoms with Gasteiger partial charge in [-0.3, -0.25) is 0 Å². The summed E-state index contributed by atoms with van der Waals surface area (Å²) >= 11 is 3.43. The van der Waals surface area contributed by atoms with Crippen molar-refractivity contribution in [3.05, 3.63) is 34.5 Å². The Hall–Kier alpha value is -0.463. The molecule has 0 bridgehead atoms. The lowest BCUT2D eigenvalue weighted by atomic mass is 10.4. The molecule has 0 aliphatic heterocycles. The van der Waals surface area contributed by atoms with Gasteiger partial charge in [-0.25, -0.2) is 0 Å². The lowest BCUT2D eigenvalue weighted by molar-refractivity contribution is 0.274. The summed E-state index contributed by atoms with van der Waals surface area (Å²) in [7, 11) is 1.09. The van der Waals surface area contributed by atoms with Gasteiger partial charge in [0.25, 0.3) is 0 Å². The van der Waals surface area contributed by atoms with Crippen LogP contribution >= 0.6 is 22.7 Å². The summed E-state index contributed by atoms with van der Waals surface area (Å²) < 4.78 is 14.0. The average Bonchev–Trinajstić information content (AvgIpc) is 2.94. The smallest absolute Gasteiger partial charge is 0.390 e. The van der Waals surface area contributed by atoms with Gasteiger partial charge in [0.2, 0.25) is 0 Å². The van der Waals surface area contributed by atoms with Crippen LogP contribution in [0.15, 0.2) is 29.0 Å². The molecule has 0 saturated heterocycles. The van der Waals surface area contributed by atoms with E-state index >= 15 is 0 Å². The number of thiophene rings is 2. The molecule has 2 aromatic heterocycles. The Morgan fingerprint density at radius 3 is 2.25 bits per heavy atom. The van der Waals surface area contributed by atoms with Crippen molar-refractivity contribution in [1.29, 1.82) is 0 Å². The molecule has 0 aromatic carbocycles. The van der Waals surface area contributed by atoms with Gasteiger partial charge in [-0.05, 0) is 35.4 Å². The molecule has 2 aromatic rings. The predicted octanol–water partition coefficient (Wildman–Crippen LogP) is 1.97. The van der Waals surface area contributed by atoms with E-state index in [2.05, 4.69) is 29.8 Å². The van der Waals surface area contributed by atoms with E-state index < -0.39 is 8.56 Å². The molecule has 0 amide bonds. The highest BCUT2D eigenvalue weighted by molar-refractivity contribution is 7.33. The van der Waals surface area contributed by atoms with Crippen molar-refractivity contribution in [3.63, 3.8) is 0 Å². The summed E-state index contributed by atoms with van der Waals surface area (Å²) in [6, 6.07) is 6.26. The van der Waals surface area contributed by atoms with Gasteiger partial charge >= 0.3 is 8.56 Å². The van der Waals surface area contributed by atoms with Crippen molar-refractivity contribution < 1.29 is 8.85 Å². The minimum atomic E-state index is -2.40. The standard InChI is InChI=1S/C11H14O2S2Si/c1-9-6-8-15-11(9)16(12-2,13-3)10-5-4-7-14-10/h4-8H,1-3H3. The van der Waals surface area contributed by atoms with Crippen LogP contribution in [-0.4, -0.2) is 22.8 Å². The fraction of sp³-hybridized carbons (Fsp3) is 0.273. The maximum atomic E-state index is 5.79. The highest BCUT2D eigenvalue weighted by Gasteiger charge is 2.44. The fourth-order valence-electron chi connectivity index (χ4n) is 1.76.